The highest BCUT2D eigenvalue weighted by Crippen LogP contribution is 2.22. The van der Waals surface area contributed by atoms with E-state index in [2.05, 4.69) is 46.9 Å². The number of carbonyl (C=O) groups excluding carboxylic acids is 1. The summed E-state index contributed by atoms with van der Waals surface area (Å²) < 4.78 is 5.40. The molecule has 148 valence electrons. The van der Waals surface area contributed by atoms with Crippen LogP contribution in [0, 0.1) is 0 Å². The lowest BCUT2D eigenvalue weighted by atomic mass is 9.99. The fourth-order valence-electron chi connectivity index (χ4n) is 2.55. The van der Waals surface area contributed by atoms with Gasteiger partial charge in [0.15, 0.2) is 11.7 Å². The van der Waals surface area contributed by atoms with Crippen molar-refractivity contribution in [3.63, 3.8) is 0 Å². The number of guanidine groups is 1. The van der Waals surface area contributed by atoms with Crippen molar-refractivity contribution in [2.45, 2.75) is 78.8 Å². The number of hydrogen-bond acceptors (Lipinski definition) is 4. The van der Waals surface area contributed by atoms with Crippen LogP contribution in [0.2, 0.25) is 0 Å². The lowest BCUT2D eigenvalue weighted by molar-refractivity contribution is -0.121. The van der Waals surface area contributed by atoms with Gasteiger partial charge in [0.05, 0.1) is 5.69 Å². The molecule has 0 aliphatic rings. The third kappa shape index (κ3) is 7.89. The Labute approximate surface area is 157 Å². The van der Waals surface area contributed by atoms with Gasteiger partial charge in [0.1, 0.15) is 6.54 Å². The van der Waals surface area contributed by atoms with Crippen LogP contribution >= 0.6 is 0 Å². The summed E-state index contributed by atoms with van der Waals surface area (Å²) >= 11 is 0. The van der Waals surface area contributed by atoms with E-state index in [-0.39, 0.29) is 11.9 Å². The molecule has 0 radical (unpaired) electrons. The van der Waals surface area contributed by atoms with Crippen molar-refractivity contribution in [2.75, 3.05) is 13.1 Å². The summed E-state index contributed by atoms with van der Waals surface area (Å²) in [6, 6.07) is 2.20. The third-order valence-corrected chi connectivity index (χ3v) is 4.38. The predicted molar refractivity (Wildman–Crippen MR) is 105 cm³/mol. The third-order valence-electron chi connectivity index (χ3n) is 4.38. The fourth-order valence-corrected chi connectivity index (χ4v) is 2.55. The van der Waals surface area contributed by atoms with E-state index in [1.165, 1.54) is 0 Å². The van der Waals surface area contributed by atoms with Crippen molar-refractivity contribution in [2.24, 2.45) is 4.99 Å². The highest BCUT2D eigenvalue weighted by molar-refractivity contribution is 5.81. The number of rotatable bonds is 11. The summed E-state index contributed by atoms with van der Waals surface area (Å²) in [4.78, 5) is 16.3. The minimum absolute atomic E-state index is 0.0488. The van der Waals surface area contributed by atoms with E-state index in [1.54, 1.807) is 0 Å². The smallest absolute Gasteiger partial charge is 0.221 e. The molecular formula is C19H35N5O2. The summed E-state index contributed by atoms with van der Waals surface area (Å²) in [7, 11) is 0. The lowest BCUT2D eigenvalue weighted by Crippen LogP contribution is -2.40. The second-order valence-corrected chi connectivity index (χ2v) is 6.48. The molecule has 0 aromatic carbocycles. The van der Waals surface area contributed by atoms with Gasteiger partial charge in [-0.25, -0.2) is 4.99 Å². The zero-order chi connectivity index (χ0) is 19.4. The average Bonchev–Trinajstić information content (AvgIpc) is 3.09. The first kappa shape index (κ1) is 22.0. The van der Waals surface area contributed by atoms with Gasteiger partial charge in [0.2, 0.25) is 5.91 Å². The van der Waals surface area contributed by atoms with Gasteiger partial charge in [-0.15, -0.1) is 0 Å². The Morgan fingerprint density at radius 3 is 2.54 bits per heavy atom. The minimum Gasteiger partial charge on any atom is -0.359 e. The molecule has 1 atom stereocenters. The Hall–Kier alpha value is -2.05. The molecule has 1 amide bonds. The molecule has 1 aromatic rings. The molecule has 1 aromatic heterocycles. The molecule has 1 rings (SSSR count). The van der Waals surface area contributed by atoms with Crippen LogP contribution in [-0.4, -0.2) is 36.2 Å². The maximum atomic E-state index is 11.8. The van der Waals surface area contributed by atoms with Gasteiger partial charge < -0.3 is 20.5 Å². The number of carbonyl (C=O) groups is 1. The highest BCUT2D eigenvalue weighted by Gasteiger charge is 2.13. The van der Waals surface area contributed by atoms with Gasteiger partial charge >= 0.3 is 0 Å². The topological polar surface area (TPSA) is 91.6 Å². The fraction of sp³-hybridized carbons (Fsp3) is 0.737. The summed E-state index contributed by atoms with van der Waals surface area (Å²) in [5, 5.41) is 13.5. The molecule has 0 bridgehead atoms. The highest BCUT2D eigenvalue weighted by atomic mass is 16.5. The number of hydrogen-bond donors (Lipinski definition) is 3. The predicted octanol–water partition coefficient (Wildman–Crippen LogP) is 2.94. The molecule has 3 N–H and O–H groups in total. The molecular weight excluding hydrogens is 330 g/mol. The monoisotopic (exact) mass is 365 g/mol. The van der Waals surface area contributed by atoms with Gasteiger partial charge in [-0.1, -0.05) is 25.9 Å². The number of aromatic nitrogens is 1. The van der Waals surface area contributed by atoms with Crippen LogP contribution in [-0.2, 0) is 11.3 Å². The number of aliphatic imine (C=N–C) groups is 1. The normalized spacial score (nSPS) is 12.9. The average molecular weight is 366 g/mol. The molecule has 0 aliphatic heterocycles. The molecule has 0 saturated heterocycles. The van der Waals surface area contributed by atoms with Crippen LogP contribution in [0.3, 0.4) is 0 Å². The SMILES string of the molecule is CCNC(=NCc1cc(C(CC)CC)no1)NCCC(=O)NC(C)CC. The van der Waals surface area contributed by atoms with Gasteiger partial charge in [0.25, 0.3) is 0 Å². The molecule has 0 fully saturated rings. The summed E-state index contributed by atoms with van der Waals surface area (Å²) in [6.07, 6.45) is 3.44. The molecule has 26 heavy (non-hydrogen) atoms. The van der Waals surface area contributed by atoms with Crippen molar-refractivity contribution in [3.05, 3.63) is 17.5 Å². The molecule has 1 heterocycles. The Morgan fingerprint density at radius 1 is 1.19 bits per heavy atom. The van der Waals surface area contributed by atoms with Crippen LogP contribution < -0.4 is 16.0 Å². The van der Waals surface area contributed by atoms with E-state index in [4.69, 9.17) is 4.52 Å². The summed E-state index contributed by atoms with van der Waals surface area (Å²) in [5.41, 5.74) is 1.000. The lowest BCUT2D eigenvalue weighted by Gasteiger charge is -2.13. The summed E-state index contributed by atoms with van der Waals surface area (Å²) in [6.45, 7) is 12.1. The van der Waals surface area contributed by atoms with E-state index in [1.807, 2.05) is 19.9 Å². The van der Waals surface area contributed by atoms with E-state index in [9.17, 15) is 4.79 Å². The molecule has 0 aliphatic carbocycles. The van der Waals surface area contributed by atoms with Crippen molar-refractivity contribution >= 4 is 11.9 Å². The maximum Gasteiger partial charge on any atom is 0.221 e. The van der Waals surface area contributed by atoms with Gasteiger partial charge in [-0.05, 0) is 33.1 Å². The van der Waals surface area contributed by atoms with Gasteiger partial charge in [-0.3, -0.25) is 4.79 Å². The second kappa shape index (κ2) is 12.3. The second-order valence-electron chi connectivity index (χ2n) is 6.48. The summed E-state index contributed by atoms with van der Waals surface area (Å²) in [5.74, 6) is 1.91. The first-order valence-electron chi connectivity index (χ1n) is 9.80. The maximum absolute atomic E-state index is 11.8. The molecule has 7 heteroatoms. The van der Waals surface area contributed by atoms with E-state index < -0.39 is 0 Å². The largest absolute Gasteiger partial charge is 0.359 e. The number of amides is 1. The Bertz CT molecular complexity index is 552. The van der Waals surface area contributed by atoms with Crippen molar-refractivity contribution < 1.29 is 9.32 Å². The number of nitrogens with one attached hydrogen (secondary N) is 3. The Morgan fingerprint density at radius 2 is 1.92 bits per heavy atom. The van der Waals surface area contributed by atoms with Crippen molar-refractivity contribution in [1.29, 1.82) is 0 Å². The number of nitrogens with zero attached hydrogens (tertiary/aromatic N) is 2. The minimum atomic E-state index is 0.0488. The quantitative estimate of drug-likeness (QED) is 0.414. The van der Waals surface area contributed by atoms with Crippen LogP contribution in [0.4, 0.5) is 0 Å². The Balaban J connectivity index is 2.51. The van der Waals surface area contributed by atoms with E-state index in [0.717, 1.165) is 37.3 Å². The Kier molecular flexibility index (Phi) is 10.4. The van der Waals surface area contributed by atoms with Gasteiger partial charge in [-0.2, -0.15) is 0 Å². The first-order chi connectivity index (χ1) is 12.5. The molecule has 0 saturated carbocycles. The van der Waals surface area contributed by atoms with Crippen LogP contribution in [0.25, 0.3) is 0 Å². The van der Waals surface area contributed by atoms with Crippen LogP contribution in [0.15, 0.2) is 15.6 Å². The molecule has 0 spiro atoms. The standard InChI is InChI=1S/C19H35N5O2/c1-6-14(5)23-18(25)10-11-21-19(20-9-4)22-13-16-12-17(24-26-16)15(7-2)8-3/h12,14-15H,6-11,13H2,1-5H3,(H,23,25)(H2,20,21,22). The van der Waals surface area contributed by atoms with Crippen LogP contribution in [0.5, 0.6) is 0 Å². The first-order valence-corrected chi connectivity index (χ1v) is 9.80. The van der Waals surface area contributed by atoms with E-state index >= 15 is 0 Å². The zero-order valence-electron chi connectivity index (χ0n) is 16.9. The van der Waals surface area contributed by atoms with Crippen molar-refractivity contribution in [1.82, 2.24) is 21.1 Å². The van der Waals surface area contributed by atoms with E-state index in [0.29, 0.717) is 31.4 Å². The van der Waals surface area contributed by atoms with Crippen molar-refractivity contribution in [3.8, 4) is 0 Å². The van der Waals surface area contributed by atoms with Crippen LogP contribution in [0.1, 0.15) is 77.7 Å². The zero-order valence-corrected chi connectivity index (χ0v) is 16.9. The van der Waals surface area contributed by atoms with Gasteiger partial charge in [0, 0.05) is 37.5 Å². The molecule has 7 nitrogen and oxygen atoms in total. The molecule has 1 unspecified atom stereocenters.